The van der Waals surface area contributed by atoms with Gasteiger partial charge >= 0.3 is 0 Å². The summed E-state index contributed by atoms with van der Waals surface area (Å²) in [5, 5.41) is 1.06. The lowest BCUT2D eigenvalue weighted by Gasteiger charge is -2.05. The minimum absolute atomic E-state index is 0.838. The Hall–Kier alpha value is -1.77. The molecule has 1 heterocycles. The van der Waals surface area contributed by atoms with Gasteiger partial charge in [-0.15, -0.1) is 0 Å². The SMILES string of the molecule is c1ccc2c(N=C3CCCCCCCC3)ncnc2c1. The first-order chi connectivity index (χ1) is 9.93. The molecule has 0 bridgehead atoms. The van der Waals surface area contributed by atoms with Crippen LogP contribution >= 0.6 is 0 Å². The van der Waals surface area contributed by atoms with E-state index in [1.165, 1.54) is 44.2 Å². The molecule has 3 nitrogen and oxygen atoms in total. The van der Waals surface area contributed by atoms with E-state index < -0.39 is 0 Å². The Morgan fingerprint density at radius 3 is 2.30 bits per heavy atom. The Labute approximate surface area is 120 Å². The van der Waals surface area contributed by atoms with Gasteiger partial charge in [0.05, 0.1) is 5.52 Å². The van der Waals surface area contributed by atoms with E-state index in [1.807, 2.05) is 18.2 Å². The van der Waals surface area contributed by atoms with Crippen molar-refractivity contribution >= 4 is 22.4 Å². The van der Waals surface area contributed by atoms with Crippen molar-refractivity contribution in [3.8, 4) is 0 Å². The fourth-order valence-electron chi connectivity index (χ4n) is 2.83. The molecule has 0 aliphatic heterocycles. The van der Waals surface area contributed by atoms with Crippen molar-refractivity contribution in [2.75, 3.05) is 0 Å². The van der Waals surface area contributed by atoms with E-state index >= 15 is 0 Å². The number of hydrogen-bond acceptors (Lipinski definition) is 3. The minimum atomic E-state index is 0.838. The van der Waals surface area contributed by atoms with Crippen LogP contribution in [-0.4, -0.2) is 15.7 Å². The molecule has 1 saturated carbocycles. The van der Waals surface area contributed by atoms with Crippen LogP contribution in [-0.2, 0) is 0 Å². The number of benzene rings is 1. The summed E-state index contributed by atoms with van der Waals surface area (Å²) in [5.41, 5.74) is 2.29. The van der Waals surface area contributed by atoms with E-state index in [0.29, 0.717) is 0 Å². The van der Waals surface area contributed by atoms with Gasteiger partial charge in [0.15, 0.2) is 5.82 Å². The minimum Gasteiger partial charge on any atom is -0.237 e. The van der Waals surface area contributed by atoms with Gasteiger partial charge in [0.1, 0.15) is 6.33 Å². The van der Waals surface area contributed by atoms with Gasteiger partial charge in [0, 0.05) is 11.1 Å². The molecule has 0 saturated heterocycles. The molecule has 104 valence electrons. The van der Waals surface area contributed by atoms with E-state index in [9.17, 15) is 0 Å². The van der Waals surface area contributed by atoms with E-state index in [2.05, 4.69) is 16.0 Å². The molecule has 0 unspecified atom stereocenters. The average molecular weight is 267 g/mol. The van der Waals surface area contributed by atoms with Crippen molar-refractivity contribution in [1.82, 2.24) is 9.97 Å². The van der Waals surface area contributed by atoms with Gasteiger partial charge in [0.25, 0.3) is 0 Å². The van der Waals surface area contributed by atoms with Gasteiger partial charge in [-0.1, -0.05) is 37.8 Å². The van der Waals surface area contributed by atoms with Crippen LogP contribution in [0.1, 0.15) is 51.4 Å². The monoisotopic (exact) mass is 267 g/mol. The fraction of sp³-hybridized carbons (Fsp3) is 0.471. The average Bonchev–Trinajstić information content (AvgIpc) is 2.62. The van der Waals surface area contributed by atoms with Gasteiger partial charge in [0.2, 0.25) is 0 Å². The molecule has 1 aromatic heterocycles. The second kappa shape index (κ2) is 6.60. The number of aliphatic imine (C=N–C) groups is 1. The number of aromatic nitrogens is 2. The lowest BCUT2D eigenvalue weighted by atomic mass is 10.1. The lowest BCUT2D eigenvalue weighted by molar-refractivity contribution is 0.624. The highest BCUT2D eigenvalue weighted by Crippen LogP contribution is 2.23. The predicted molar refractivity (Wildman–Crippen MR) is 83.6 cm³/mol. The van der Waals surface area contributed by atoms with Crippen LogP contribution in [0, 0.1) is 0 Å². The van der Waals surface area contributed by atoms with E-state index in [4.69, 9.17) is 4.99 Å². The van der Waals surface area contributed by atoms with Gasteiger partial charge in [-0.25, -0.2) is 15.0 Å². The van der Waals surface area contributed by atoms with Crippen molar-refractivity contribution in [3.05, 3.63) is 30.6 Å². The summed E-state index contributed by atoms with van der Waals surface area (Å²) >= 11 is 0. The molecule has 0 atom stereocenters. The normalized spacial score (nSPS) is 17.3. The Balaban J connectivity index is 1.91. The molecule has 0 spiro atoms. The van der Waals surface area contributed by atoms with E-state index in [1.54, 1.807) is 6.33 Å². The number of rotatable bonds is 1. The molecule has 1 aliphatic rings. The molecule has 0 radical (unpaired) electrons. The van der Waals surface area contributed by atoms with Gasteiger partial charge in [-0.05, 0) is 37.8 Å². The summed E-state index contributed by atoms with van der Waals surface area (Å²) in [6, 6.07) is 8.11. The fourth-order valence-corrected chi connectivity index (χ4v) is 2.83. The summed E-state index contributed by atoms with van der Waals surface area (Å²) in [6.07, 6.45) is 11.8. The summed E-state index contributed by atoms with van der Waals surface area (Å²) in [5.74, 6) is 0.838. The highest BCUT2D eigenvalue weighted by molar-refractivity contribution is 5.93. The number of para-hydroxylation sites is 1. The van der Waals surface area contributed by atoms with Crippen molar-refractivity contribution < 1.29 is 0 Å². The van der Waals surface area contributed by atoms with E-state index in [0.717, 1.165) is 29.6 Å². The zero-order valence-electron chi connectivity index (χ0n) is 11.9. The molecule has 3 rings (SSSR count). The van der Waals surface area contributed by atoms with Crippen molar-refractivity contribution in [3.63, 3.8) is 0 Å². The third kappa shape index (κ3) is 3.21. The zero-order chi connectivity index (χ0) is 13.6. The van der Waals surface area contributed by atoms with E-state index in [-0.39, 0.29) is 0 Å². The quantitative estimate of drug-likeness (QED) is 0.741. The first-order valence-electron chi connectivity index (χ1n) is 7.70. The molecule has 1 aromatic carbocycles. The maximum Gasteiger partial charge on any atom is 0.163 e. The second-order valence-corrected chi connectivity index (χ2v) is 5.51. The highest BCUT2D eigenvalue weighted by Gasteiger charge is 2.07. The number of hydrogen-bond donors (Lipinski definition) is 0. The smallest absolute Gasteiger partial charge is 0.163 e. The maximum atomic E-state index is 4.86. The van der Waals surface area contributed by atoms with Crippen LogP contribution in [0.25, 0.3) is 10.9 Å². The Bertz CT molecular complexity index is 587. The van der Waals surface area contributed by atoms with Crippen molar-refractivity contribution in [1.29, 1.82) is 0 Å². The number of fused-ring (bicyclic) bond motifs is 1. The highest BCUT2D eigenvalue weighted by atomic mass is 15.0. The van der Waals surface area contributed by atoms with Gasteiger partial charge in [-0.3, -0.25) is 0 Å². The van der Waals surface area contributed by atoms with Crippen molar-refractivity contribution in [2.45, 2.75) is 51.4 Å². The van der Waals surface area contributed by atoms with Gasteiger partial charge in [-0.2, -0.15) is 0 Å². The van der Waals surface area contributed by atoms with Crippen LogP contribution in [0.2, 0.25) is 0 Å². The molecule has 1 aliphatic carbocycles. The number of nitrogens with zero attached hydrogens (tertiary/aromatic N) is 3. The van der Waals surface area contributed by atoms with Gasteiger partial charge < -0.3 is 0 Å². The molecule has 20 heavy (non-hydrogen) atoms. The van der Waals surface area contributed by atoms with Crippen LogP contribution in [0.5, 0.6) is 0 Å². The lowest BCUT2D eigenvalue weighted by Crippen LogP contribution is -1.98. The molecule has 0 N–H and O–H groups in total. The first kappa shape index (κ1) is 13.2. The summed E-state index contributed by atoms with van der Waals surface area (Å²) < 4.78 is 0. The molecular formula is C17H21N3. The largest absolute Gasteiger partial charge is 0.237 e. The summed E-state index contributed by atoms with van der Waals surface area (Å²) in [6.45, 7) is 0. The zero-order valence-corrected chi connectivity index (χ0v) is 11.9. The topological polar surface area (TPSA) is 38.1 Å². The second-order valence-electron chi connectivity index (χ2n) is 5.51. The molecule has 3 heteroatoms. The van der Waals surface area contributed by atoms with Crippen LogP contribution in [0.4, 0.5) is 5.82 Å². The van der Waals surface area contributed by atoms with Crippen molar-refractivity contribution in [2.24, 2.45) is 4.99 Å². The Morgan fingerprint density at radius 1 is 0.800 bits per heavy atom. The van der Waals surface area contributed by atoms with Crippen LogP contribution < -0.4 is 0 Å². The molecule has 1 fully saturated rings. The maximum absolute atomic E-state index is 4.86. The molecule has 0 amide bonds. The summed E-state index contributed by atoms with van der Waals surface area (Å²) in [4.78, 5) is 13.5. The Kier molecular flexibility index (Phi) is 4.36. The molecule has 2 aromatic rings. The standard InChI is InChI=1S/C17H21N3/c1-2-4-6-10-14(9-5-3-1)20-17-15-11-7-8-12-16(15)18-13-19-17/h7-8,11-13H,1-6,9-10H2. The Morgan fingerprint density at radius 2 is 1.50 bits per heavy atom. The third-order valence-corrected chi connectivity index (χ3v) is 3.97. The summed E-state index contributed by atoms with van der Waals surface area (Å²) in [7, 11) is 0. The predicted octanol–water partition coefficient (Wildman–Crippen LogP) is 4.84. The third-order valence-electron chi connectivity index (χ3n) is 3.97. The first-order valence-corrected chi connectivity index (χ1v) is 7.70. The van der Waals surface area contributed by atoms with Crippen LogP contribution in [0.3, 0.4) is 0 Å². The molecular weight excluding hydrogens is 246 g/mol. The van der Waals surface area contributed by atoms with Crippen LogP contribution in [0.15, 0.2) is 35.6 Å².